The van der Waals surface area contributed by atoms with Crippen molar-refractivity contribution in [3.63, 3.8) is 0 Å². The fourth-order valence-electron chi connectivity index (χ4n) is 1.61. The molecule has 1 aromatic carbocycles. The molecule has 0 spiro atoms. The molecular formula is C14H24ClN3O2S. The average Bonchev–Trinajstić information content (AvgIpc) is 2.43. The van der Waals surface area contributed by atoms with Crippen LogP contribution in [-0.4, -0.2) is 46.5 Å². The van der Waals surface area contributed by atoms with Gasteiger partial charge in [0, 0.05) is 24.2 Å². The van der Waals surface area contributed by atoms with Gasteiger partial charge in [-0.15, -0.1) is 0 Å². The van der Waals surface area contributed by atoms with Gasteiger partial charge < -0.3 is 10.2 Å². The van der Waals surface area contributed by atoms with Crippen LogP contribution in [0.25, 0.3) is 0 Å². The smallest absolute Gasteiger partial charge is 0.240 e. The summed E-state index contributed by atoms with van der Waals surface area (Å²) in [6, 6.07) is 4.89. The highest BCUT2D eigenvalue weighted by Gasteiger charge is 2.17. The quantitative estimate of drug-likeness (QED) is 0.760. The first-order chi connectivity index (χ1) is 9.77. The summed E-state index contributed by atoms with van der Waals surface area (Å²) in [5, 5.41) is 3.71. The van der Waals surface area contributed by atoms with Crippen molar-refractivity contribution in [2.24, 2.45) is 0 Å². The Morgan fingerprint density at radius 2 is 2.00 bits per heavy atom. The van der Waals surface area contributed by atoms with E-state index in [1.54, 1.807) is 12.1 Å². The van der Waals surface area contributed by atoms with Crippen molar-refractivity contribution in [2.45, 2.75) is 31.3 Å². The van der Waals surface area contributed by atoms with Crippen LogP contribution in [0.4, 0.5) is 0 Å². The van der Waals surface area contributed by atoms with E-state index in [-0.39, 0.29) is 10.9 Å². The second kappa shape index (κ2) is 8.10. The molecule has 21 heavy (non-hydrogen) atoms. The molecule has 0 saturated carbocycles. The summed E-state index contributed by atoms with van der Waals surface area (Å²) >= 11 is 6.09. The van der Waals surface area contributed by atoms with Crippen LogP contribution in [0.15, 0.2) is 23.1 Å². The molecule has 0 bridgehead atoms. The molecular weight excluding hydrogens is 310 g/mol. The lowest BCUT2D eigenvalue weighted by atomic mass is 10.2. The summed E-state index contributed by atoms with van der Waals surface area (Å²) in [6.45, 7) is 5.65. The summed E-state index contributed by atoms with van der Waals surface area (Å²) in [7, 11) is 0.309. The molecule has 0 saturated heterocycles. The van der Waals surface area contributed by atoms with Crippen LogP contribution < -0.4 is 10.0 Å². The van der Waals surface area contributed by atoms with E-state index in [1.807, 2.05) is 32.8 Å². The summed E-state index contributed by atoms with van der Waals surface area (Å²) in [6.07, 6.45) is 0. The van der Waals surface area contributed by atoms with Crippen molar-refractivity contribution >= 4 is 21.6 Å². The van der Waals surface area contributed by atoms with E-state index in [0.717, 1.165) is 12.1 Å². The highest BCUT2D eigenvalue weighted by Crippen LogP contribution is 2.20. The van der Waals surface area contributed by atoms with E-state index in [0.29, 0.717) is 18.1 Å². The number of sulfonamides is 1. The van der Waals surface area contributed by atoms with Crippen LogP contribution in [0, 0.1) is 0 Å². The van der Waals surface area contributed by atoms with E-state index in [2.05, 4.69) is 10.0 Å². The summed E-state index contributed by atoms with van der Waals surface area (Å²) < 4.78 is 27.2. The molecule has 0 amide bonds. The Morgan fingerprint density at radius 1 is 1.33 bits per heavy atom. The number of likely N-dealkylation sites (N-methyl/N-ethyl adjacent to an activating group) is 1. The SMILES string of the molecule is CCNCc1cc(S(=O)(=O)NCC(C)N(C)C)ccc1Cl. The van der Waals surface area contributed by atoms with Crippen LogP contribution in [0.2, 0.25) is 5.02 Å². The molecule has 0 aliphatic rings. The minimum Gasteiger partial charge on any atom is -0.313 e. The first-order valence-corrected chi connectivity index (χ1v) is 8.79. The number of hydrogen-bond donors (Lipinski definition) is 2. The van der Waals surface area contributed by atoms with E-state index in [4.69, 9.17) is 11.6 Å². The van der Waals surface area contributed by atoms with Gasteiger partial charge in [-0.25, -0.2) is 13.1 Å². The molecule has 0 fully saturated rings. The van der Waals surface area contributed by atoms with Crippen LogP contribution in [0.5, 0.6) is 0 Å². The third-order valence-electron chi connectivity index (χ3n) is 3.34. The lowest BCUT2D eigenvalue weighted by Gasteiger charge is -2.20. The Balaban J connectivity index is 2.88. The Labute approximate surface area is 132 Å². The maximum absolute atomic E-state index is 12.3. The monoisotopic (exact) mass is 333 g/mol. The summed E-state index contributed by atoms with van der Waals surface area (Å²) in [4.78, 5) is 2.20. The van der Waals surface area contributed by atoms with E-state index < -0.39 is 10.0 Å². The second-order valence-corrected chi connectivity index (χ2v) is 7.37. The van der Waals surface area contributed by atoms with E-state index in [9.17, 15) is 8.42 Å². The lowest BCUT2D eigenvalue weighted by molar-refractivity contribution is 0.314. The molecule has 1 unspecified atom stereocenters. The molecule has 0 radical (unpaired) electrons. The van der Waals surface area contributed by atoms with Gasteiger partial charge in [-0.2, -0.15) is 0 Å². The maximum atomic E-state index is 12.3. The van der Waals surface area contributed by atoms with Crippen molar-refractivity contribution in [1.29, 1.82) is 0 Å². The molecule has 2 N–H and O–H groups in total. The standard InChI is InChI=1S/C14H24ClN3O2S/c1-5-16-10-12-8-13(6-7-14(12)15)21(19,20)17-9-11(2)18(3)4/h6-8,11,16-17H,5,9-10H2,1-4H3. The number of hydrogen-bond acceptors (Lipinski definition) is 4. The first-order valence-electron chi connectivity index (χ1n) is 6.93. The zero-order chi connectivity index (χ0) is 16.0. The average molecular weight is 334 g/mol. The summed E-state index contributed by atoms with van der Waals surface area (Å²) in [5.74, 6) is 0. The van der Waals surface area contributed by atoms with Gasteiger partial charge in [0.05, 0.1) is 4.90 Å². The molecule has 5 nitrogen and oxygen atoms in total. The molecule has 1 atom stereocenters. The normalized spacial score (nSPS) is 13.6. The molecule has 7 heteroatoms. The van der Waals surface area contributed by atoms with Gasteiger partial charge in [-0.1, -0.05) is 18.5 Å². The van der Waals surface area contributed by atoms with Crippen LogP contribution in [0.3, 0.4) is 0 Å². The molecule has 0 aliphatic carbocycles. The Kier molecular flexibility index (Phi) is 7.09. The number of benzene rings is 1. The van der Waals surface area contributed by atoms with Crippen molar-refractivity contribution in [3.05, 3.63) is 28.8 Å². The Morgan fingerprint density at radius 3 is 2.57 bits per heavy atom. The Hall–Kier alpha value is -0.660. The first kappa shape index (κ1) is 18.4. The molecule has 0 aliphatic heterocycles. The van der Waals surface area contributed by atoms with Crippen molar-refractivity contribution in [1.82, 2.24) is 14.9 Å². The van der Waals surface area contributed by atoms with E-state index in [1.165, 1.54) is 6.07 Å². The number of halogens is 1. The molecule has 1 aromatic rings. The molecule has 0 heterocycles. The number of rotatable bonds is 8. The second-order valence-electron chi connectivity index (χ2n) is 5.20. The number of nitrogens with one attached hydrogen (secondary N) is 2. The molecule has 1 rings (SSSR count). The van der Waals surface area contributed by atoms with Crippen molar-refractivity contribution in [2.75, 3.05) is 27.2 Å². The fourth-order valence-corrected chi connectivity index (χ4v) is 2.97. The van der Waals surface area contributed by atoms with Gasteiger partial charge in [0.1, 0.15) is 0 Å². The largest absolute Gasteiger partial charge is 0.313 e. The van der Waals surface area contributed by atoms with Crippen LogP contribution >= 0.6 is 11.6 Å². The van der Waals surface area contributed by atoms with Crippen LogP contribution in [-0.2, 0) is 16.6 Å². The topological polar surface area (TPSA) is 61.4 Å². The maximum Gasteiger partial charge on any atom is 0.240 e. The predicted octanol–water partition coefficient (Wildman–Crippen LogP) is 1.68. The molecule has 120 valence electrons. The van der Waals surface area contributed by atoms with Crippen LogP contribution in [0.1, 0.15) is 19.4 Å². The highest BCUT2D eigenvalue weighted by atomic mass is 35.5. The zero-order valence-electron chi connectivity index (χ0n) is 13.0. The zero-order valence-corrected chi connectivity index (χ0v) is 14.6. The third-order valence-corrected chi connectivity index (χ3v) is 5.13. The van der Waals surface area contributed by atoms with Crippen molar-refractivity contribution in [3.8, 4) is 0 Å². The van der Waals surface area contributed by atoms with Gasteiger partial charge >= 0.3 is 0 Å². The minimum atomic E-state index is -3.52. The van der Waals surface area contributed by atoms with Gasteiger partial charge in [-0.3, -0.25) is 0 Å². The Bertz CT molecular complexity index is 561. The fraction of sp³-hybridized carbons (Fsp3) is 0.571. The van der Waals surface area contributed by atoms with Gasteiger partial charge in [0.15, 0.2) is 0 Å². The third kappa shape index (κ3) is 5.56. The van der Waals surface area contributed by atoms with Gasteiger partial charge in [-0.05, 0) is 51.3 Å². The highest BCUT2D eigenvalue weighted by molar-refractivity contribution is 7.89. The molecule has 0 aromatic heterocycles. The summed E-state index contributed by atoms with van der Waals surface area (Å²) in [5.41, 5.74) is 0.780. The van der Waals surface area contributed by atoms with E-state index >= 15 is 0 Å². The number of nitrogens with zero attached hydrogens (tertiary/aromatic N) is 1. The minimum absolute atomic E-state index is 0.119. The van der Waals surface area contributed by atoms with Crippen molar-refractivity contribution < 1.29 is 8.42 Å². The van der Waals surface area contributed by atoms with Gasteiger partial charge in [0.2, 0.25) is 10.0 Å². The lowest BCUT2D eigenvalue weighted by Crippen LogP contribution is -2.38. The van der Waals surface area contributed by atoms with Gasteiger partial charge in [0.25, 0.3) is 0 Å². The predicted molar refractivity (Wildman–Crippen MR) is 87.2 cm³/mol.